The Morgan fingerprint density at radius 2 is 1.36 bits per heavy atom. The lowest BCUT2D eigenvalue weighted by atomic mass is 10.1. The highest BCUT2D eigenvalue weighted by atomic mass is 16.1. The van der Waals surface area contributed by atoms with E-state index in [1.54, 1.807) is 12.4 Å². The fraction of sp³-hybridized carbons (Fsp3) is 0.500. The van der Waals surface area contributed by atoms with Crippen LogP contribution in [0.15, 0.2) is 36.7 Å². The van der Waals surface area contributed by atoms with Crippen LogP contribution in [-0.4, -0.2) is 42.1 Å². The lowest BCUT2D eigenvalue weighted by Crippen LogP contribution is -2.29. The number of rotatable bonds is 4. The molecule has 4 rings (SSSR count). The second kappa shape index (κ2) is 9.04. The molecule has 0 unspecified atom stereocenters. The SMILES string of the molecule is O=C(Nc1ccc(N2CCCCC2)cc1)c1cnc(N2CCCCCC2)cn1. The van der Waals surface area contributed by atoms with Crippen LogP contribution >= 0.6 is 0 Å². The Bertz CT molecular complexity index is 761. The van der Waals surface area contributed by atoms with Crippen LogP contribution in [0, 0.1) is 0 Å². The minimum absolute atomic E-state index is 0.222. The van der Waals surface area contributed by atoms with E-state index in [9.17, 15) is 4.79 Å². The van der Waals surface area contributed by atoms with E-state index in [4.69, 9.17) is 0 Å². The Morgan fingerprint density at radius 3 is 1.96 bits per heavy atom. The van der Waals surface area contributed by atoms with Gasteiger partial charge in [-0.15, -0.1) is 0 Å². The molecule has 1 N–H and O–H groups in total. The highest BCUT2D eigenvalue weighted by Gasteiger charge is 2.14. The average molecular weight is 380 g/mol. The van der Waals surface area contributed by atoms with E-state index < -0.39 is 0 Å². The third kappa shape index (κ3) is 4.61. The van der Waals surface area contributed by atoms with E-state index in [2.05, 4.69) is 37.2 Å². The van der Waals surface area contributed by atoms with Gasteiger partial charge >= 0.3 is 0 Å². The molecular weight excluding hydrogens is 350 g/mol. The minimum atomic E-state index is -0.222. The summed E-state index contributed by atoms with van der Waals surface area (Å²) in [7, 11) is 0. The van der Waals surface area contributed by atoms with Crippen molar-refractivity contribution in [1.82, 2.24) is 9.97 Å². The number of anilines is 3. The lowest BCUT2D eigenvalue weighted by molar-refractivity contribution is 0.102. The summed E-state index contributed by atoms with van der Waals surface area (Å²) in [6, 6.07) is 8.08. The lowest BCUT2D eigenvalue weighted by Gasteiger charge is -2.28. The number of hydrogen-bond acceptors (Lipinski definition) is 5. The number of benzene rings is 1. The zero-order valence-electron chi connectivity index (χ0n) is 16.4. The van der Waals surface area contributed by atoms with E-state index in [0.29, 0.717) is 5.69 Å². The van der Waals surface area contributed by atoms with Crippen molar-refractivity contribution in [2.75, 3.05) is 41.3 Å². The van der Waals surface area contributed by atoms with Crippen LogP contribution in [0.25, 0.3) is 0 Å². The number of nitrogens with one attached hydrogen (secondary N) is 1. The summed E-state index contributed by atoms with van der Waals surface area (Å²) < 4.78 is 0. The van der Waals surface area contributed by atoms with Gasteiger partial charge < -0.3 is 15.1 Å². The fourth-order valence-electron chi connectivity index (χ4n) is 4.00. The molecule has 6 nitrogen and oxygen atoms in total. The molecule has 0 atom stereocenters. The molecule has 1 amide bonds. The average Bonchev–Trinajstić information content (AvgIpc) is 3.05. The van der Waals surface area contributed by atoms with E-state index >= 15 is 0 Å². The largest absolute Gasteiger partial charge is 0.372 e. The Hall–Kier alpha value is -2.63. The van der Waals surface area contributed by atoms with Gasteiger partial charge in [-0.2, -0.15) is 0 Å². The van der Waals surface area contributed by atoms with E-state index in [1.807, 2.05) is 12.1 Å². The molecule has 28 heavy (non-hydrogen) atoms. The summed E-state index contributed by atoms with van der Waals surface area (Å²) >= 11 is 0. The highest BCUT2D eigenvalue weighted by molar-refractivity contribution is 6.02. The zero-order chi connectivity index (χ0) is 19.2. The molecule has 0 saturated carbocycles. The molecule has 3 heterocycles. The first-order valence-corrected chi connectivity index (χ1v) is 10.5. The number of aromatic nitrogens is 2. The van der Waals surface area contributed by atoms with Crippen molar-refractivity contribution in [2.45, 2.75) is 44.9 Å². The van der Waals surface area contributed by atoms with Crippen molar-refractivity contribution in [3.63, 3.8) is 0 Å². The standard InChI is InChI=1S/C22H29N5O/c28-22(20-16-24-21(17-23-20)27-14-4-1-2-5-15-27)25-18-8-10-19(11-9-18)26-12-6-3-7-13-26/h8-11,16-17H,1-7,12-15H2,(H,25,28). The maximum absolute atomic E-state index is 12.5. The van der Waals surface area contributed by atoms with Crippen molar-refractivity contribution in [3.8, 4) is 0 Å². The van der Waals surface area contributed by atoms with E-state index in [0.717, 1.165) is 37.7 Å². The van der Waals surface area contributed by atoms with Crippen LogP contribution in [0.4, 0.5) is 17.2 Å². The van der Waals surface area contributed by atoms with Crippen molar-refractivity contribution < 1.29 is 4.79 Å². The Labute approximate surface area is 167 Å². The Morgan fingerprint density at radius 1 is 0.750 bits per heavy atom. The molecule has 2 aliphatic heterocycles. The summed E-state index contributed by atoms with van der Waals surface area (Å²) in [5.74, 6) is 0.643. The summed E-state index contributed by atoms with van der Waals surface area (Å²) in [4.78, 5) is 26.0. The van der Waals surface area contributed by atoms with Crippen molar-refractivity contribution in [3.05, 3.63) is 42.4 Å². The molecule has 0 radical (unpaired) electrons. The molecule has 1 aromatic carbocycles. The van der Waals surface area contributed by atoms with Crippen molar-refractivity contribution >= 4 is 23.1 Å². The molecule has 0 spiro atoms. The number of nitrogens with zero attached hydrogens (tertiary/aromatic N) is 4. The normalized spacial score (nSPS) is 17.9. The van der Waals surface area contributed by atoms with Crippen LogP contribution in [0.2, 0.25) is 0 Å². The molecule has 0 aliphatic carbocycles. The molecule has 2 aliphatic rings. The van der Waals surface area contributed by atoms with E-state index in [1.165, 1.54) is 50.6 Å². The third-order valence-electron chi connectivity index (χ3n) is 5.65. The van der Waals surface area contributed by atoms with Gasteiger partial charge in [-0.1, -0.05) is 12.8 Å². The molecule has 2 aromatic rings. The highest BCUT2D eigenvalue weighted by Crippen LogP contribution is 2.22. The van der Waals surface area contributed by atoms with Crippen molar-refractivity contribution in [1.29, 1.82) is 0 Å². The van der Waals surface area contributed by atoms with Crippen LogP contribution in [-0.2, 0) is 0 Å². The number of hydrogen-bond donors (Lipinski definition) is 1. The summed E-state index contributed by atoms with van der Waals surface area (Å²) in [6.45, 7) is 4.27. The van der Waals surface area contributed by atoms with Gasteiger partial charge in [0.05, 0.1) is 12.4 Å². The molecule has 0 bridgehead atoms. The number of amides is 1. The van der Waals surface area contributed by atoms with Gasteiger partial charge in [0.2, 0.25) is 0 Å². The van der Waals surface area contributed by atoms with Gasteiger partial charge in [-0.25, -0.2) is 9.97 Å². The topological polar surface area (TPSA) is 61.4 Å². The summed E-state index contributed by atoms with van der Waals surface area (Å²) in [5, 5.41) is 2.92. The smallest absolute Gasteiger partial charge is 0.275 e. The predicted molar refractivity (Wildman–Crippen MR) is 113 cm³/mol. The first-order chi connectivity index (χ1) is 13.8. The maximum Gasteiger partial charge on any atom is 0.275 e. The fourth-order valence-corrected chi connectivity index (χ4v) is 4.00. The van der Waals surface area contributed by atoms with E-state index in [-0.39, 0.29) is 5.91 Å². The van der Waals surface area contributed by atoms with Crippen molar-refractivity contribution in [2.24, 2.45) is 0 Å². The molecular formula is C22H29N5O. The maximum atomic E-state index is 12.5. The van der Waals surface area contributed by atoms with Gasteiger partial charge in [0, 0.05) is 37.6 Å². The second-order valence-electron chi connectivity index (χ2n) is 7.71. The molecule has 2 saturated heterocycles. The monoisotopic (exact) mass is 379 g/mol. The summed E-state index contributed by atoms with van der Waals surface area (Å²) in [6.07, 6.45) is 12.1. The first kappa shape index (κ1) is 18.7. The van der Waals surface area contributed by atoms with Crippen LogP contribution in [0.5, 0.6) is 0 Å². The second-order valence-corrected chi connectivity index (χ2v) is 7.71. The summed E-state index contributed by atoms with van der Waals surface area (Å²) in [5.41, 5.74) is 2.35. The number of carbonyl (C=O) groups is 1. The van der Waals surface area contributed by atoms with Gasteiger partial charge in [0.25, 0.3) is 5.91 Å². The van der Waals surface area contributed by atoms with Gasteiger partial charge in [-0.05, 0) is 56.4 Å². The number of piperidine rings is 1. The zero-order valence-corrected chi connectivity index (χ0v) is 16.4. The Balaban J connectivity index is 1.36. The van der Waals surface area contributed by atoms with Crippen LogP contribution < -0.4 is 15.1 Å². The molecule has 6 heteroatoms. The molecule has 2 fully saturated rings. The predicted octanol–water partition coefficient (Wildman–Crippen LogP) is 4.10. The third-order valence-corrected chi connectivity index (χ3v) is 5.65. The van der Waals surface area contributed by atoms with Gasteiger partial charge in [0.1, 0.15) is 11.5 Å². The first-order valence-electron chi connectivity index (χ1n) is 10.5. The van der Waals surface area contributed by atoms with Crippen LogP contribution in [0.3, 0.4) is 0 Å². The molecule has 148 valence electrons. The minimum Gasteiger partial charge on any atom is -0.372 e. The Kier molecular flexibility index (Phi) is 6.04. The molecule has 1 aromatic heterocycles. The van der Waals surface area contributed by atoms with Crippen LogP contribution in [0.1, 0.15) is 55.4 Å². The van der Waals surface area contributed by atoms with Gasteiger partial charge in [-0.3, -0.25) is 4.79 Å². The van der Waals surface area contributed by atoms with Gasteiger partial charge in [0.15, 0.2) is 0 Å². The quantitative estimate of drug-likeness (QED) is 0.867. The number of carbonyl (C=O) groups excluding carboxylic acids is 1.